The zero-order chi connectivity index (χ0) is 12.4. The van der Waals surface area contributed by atoms with E-state index in [0.29, 0.717) is 11.9 Å². The van der Waals surface area contributed by atoms with Crippen molar-refractivity contribution in [2.75, 3.05) is 13.1 Å². The van der Waals surface area contributed by atoms with Crippen LogP contribution in [0.5, 0.6) is 0 Å². The van der Waals surface area contributed by atoms with Gasteiger partial charge in [0, 0.05) is 12.6 Å². The van der Waals surface area contributed by atoms with Crippen molar-refractivity contribution in [1.82, 2.24) is 10.2 Å². The van der Waals surface area contributed by atoms with Crippen LogP contribution in [0.4, 0.5) is 0 Å². The van der Waals surface area contributed by atoms with E-state index in [2.05, 4.69) is 10.2 Å². The van der Waals surface area contributed by atoms with Gasteiger partial charge >= 0.3 is 0 Å². The Kier molecular flexibility index (Phi) is 3.88. The molecule has 0 aromatic heterocycles. The fraction of sp³-hybridized carbons (Fsp3) is 0.933. The van der Waals surface area contributed by atoms with Crippen molar-refractivity contribution in [2.24, 2.45) is 5.92 Å². The molecule has 1 aliphatic carbocycles. The Morgan fingerprint density at radius 3 is 2.44 bits per heavy atom. The first-order valence-electron chi connectivity index (χ1n) is 7.90. The average Bonchev–Trinajstić information content (AvgIpc) is 3.09. The highest BCUT2D eigenvalue weighted by Crippen LogP contribution is 2.35. The number of piperidine rings is 1. The second-order valence-electron chi connectivity index (χ2n) is 6.29. The number of hydrogen-bond donors (Lipinski definition) is 1. The molecule has 2 unspecified atom stereocenters. The molecule has 0 bridgehead atoms. The molecule has 3 nitrogen and oxygen atoms in total. The summed E-state index contributed by atoms with van der Waals surface area (Å²) in [6, 6.07) is 0.699. The standard InChI is InChI=1S/C15H26N2O/c18-15(13-8-3-4-10-16-13)17-11-5-9-14(17)12-6-1-2-7-12/h12-14,16H,1-11H2. The molecular formula is C15H26N2O. The zero-order valence-corrected chi connectivity index (χ0v) is 11.4. The molecule has 0 radical (unpaired) electrons. The average molecular weight is 250 g/mol. The van der Waals surface area contributed by atoms with E-state index < -0.39 is 0 Å². The van der Waals surface area contributed by atoms with Crippen LogP contribution < -0.4 is 5.32 Å². The lowest BCUT2D eigenvalue weighted by Crippen LogP contribution is -2.51. The fourth-order valence-electron chi connectivity index (χ4n) is 4.16. The van der Waals surface area contributed by atoms with Crippen LogP contribution >= 0.6 is 0 Å². The minimum atomic E-state index is 0.126. The van der Waals surface area contributed by atoms with Crippen LogP contribution in [-0.4, -0.2) is 36.0 Å². The van der Waals surface area contributed by atoms with E-state index >= 15 is 0 Å². The monoisotopic (exact) mass is 250 g/mol. The van der Waals surface area contributed by atoms with Crippen molar-refractivity contribution in [2.45, 2.75) is 69.9 Å². The van der Waals surface area contributed by atoms with Gasteiger partial charge in [-0.3, -0.25) is 4.79 Å². The number of hydrogen-bond acceptors (Lipinski definition) is 2. The number of rotatable bonds is 2. The van der Waals surface area contributed by atoms with Gasteiger partial charge in [-0.2, -0.15) is 0 Å². The van der Waals surface area contributed by atoms with Gasteiger partial charge in [0.25, 0.3) is 0 Å². The highest BCUT2D eigenvalue weighted by atomic mass is 16.2. The molecule has 102 valence electrons. The van der Waals surface area contributed by atoms with Crippen molar-refractivity contribution in [3.63, 3.8) is 0 Å². The quantitative estimate of drug-likeness (QED) is 0.815. The molecule has 3 fully saturated rings. The predicted molar refractivity (Wildman–Crippen MR) is 72.3 cm³/mol. The molecule has 1 N–H and O–H groups in total. The first-order chi connectivity index (χ1) is 8.86. The van der Waals surface area contributed by atoms with Crippen LogP contribution in [0.3, 0.4) is 0 Å². The van der Waals surface area contributed by atoms with Gasteiger partial charge in [-0.05, 0) is 51.0 Å². The molecule has 2 saturated heterocycles. The first kappa shape index (κ1) is 12.5. The lowest BCUT2D eigenvalue weighted by Gasteiger charge is -2.34. The van der Waals surface area contributed by atoms with Crippen LogP contribution in [0.15, 0.2) is 0 Å². The molecule has 1 saturated carbocycles. The third-order valence-electron chi connectivity index (χ3n) is 5.13. The number of nitrogens with one attached hydrogen (secondary N) is 1. The molecule has 2 aliphatic heterocycles. The SMILES string of the molecule is O=C(C1CCCCN1)N1CCCC1C1CCCC1. The zero-order valence-electron chi connectivity index (χ0n) is 11.4. The Labute approximate surface area is 110 Å². The maximum Gasteiger partial charge on any atom is 0.239 e. The van der Waals surface area contributed by atoms with E-state index in [4.69, 9.17) is 0 Å². The Balaban J connectivity index is 1.63. The first-order valence-corrected chi connectivity index (χ1v) is 7.90. The van der Waals surface area contributed by atoms with E-state index in [-0.39, 0.29) is 6.04 Å². The number of carbonyl (C=O) groups is 1. The molecule has 2 heterocycles. The predicted octanol–water partition coefficient (Wildman–Crippen LogP) is 2.31. The second kappa shape index (κ2) is 5.60. The van der Waals surface area contributed by atoms with Gasteiger partial charge in [-0.1, -0.05) is 19.3 Å². The molecule has 0 aromatic rings. The van der Waals surface area contributed by atoms with Crippen molar-refractivity contribution in [3.05, 3.63) is 0 Å². The number of carbonyl (C=O) groups excluding carboxylic acids is 1. The molecule has 0 aromatic carbocycles. The minimum absolute atomic E-state index is 0.126. The van der Waals surface area contributed by atoms with Crippen LogP contribution in [0.2, 0.25) is 0 Å². The lowest BCUT2D eigenvalue weighted by atomic mass is 9.95. The Morgan fingerprint density at radius 2 is 1.72 bits per heavy atom. The van der Waals surface area contributed by atoms with Crippen LogP contribution in [0.1, 0.15) is 57.8 Å². The van der Waals surface area contributed by atoms with Crippen LogP contribution in [-0.2, 0) is 4.79 Å². The largest absolute Gasteiger partial charge is 0.338 e. The molecule has 3 aliphatic rings. The maximum absolute atomic E-state index is 12.6. The van der Waals surface area contributed by atoms with E-state index in [1.165, 1.54) is 51.4 Å². The lowest BCUT2D eigenvalue weighted by molar-refractivity contribution is -0.135. The second-order valence-corrected chi connectivity index (χ2v) is 6.29. The highest BCUT2D eigenvalue weighted by molar-refractivity contribution is 5.82. The number of nitrogens with zero attached hydrogens (tertiary/aromatic N) is 1. The van der Waals surface area contributed by atoms with E-state index in [0.717, 1.165) is 25.4 Å². The van der Waals surface area contributed by atoms with Crippen LogP contribution in [0.25, 0.3) is 0 Å². The molecule has 2 atom stereocenters. The van der Waals surface area contributed by atoms with E-state index in [1.54, 1.807) is 0 Å². The van der Waals surface area contributed by atoms with Gasteiger partial charge in [-0.15, -0.1) is 0 Å². The van der Waals surface area contributed by atoms with Gasteiger partial charge in [0.1, 0.15) is 0 Å². The Morgan fingerprint density at radius 1 is 0.944 bits per heavy atom. The maximum atomic E-state index is 12.6. The summed E-state index contributed by atoms with van der Waals surface area (Å²) in [6.45, 7) is 2.04. The summed E-state index contributed by atoms with van der Waals surface area (Å²) in [4.78, 5) is 14.9. The fourth-order valence-corrected chi connectivity index (χ4v) is 4.16. The number of likely N-dealkylation sites (tertiary alicyclic amines) is 1. The number of amides is 1. The minimum Gasteiger partial charge on any atom is -0.338 e. The summed E-state index contributed by atoms with van der Waals surface area (Å²) < 4.78 is 0. The van der Waals surface area contributed by atoms with Crippen LogP contribution in [0, 0.1) is 5.92 Å². The third-order valence-corrected chi connectivity index (χ3v) is 5.13. The summed E-state index contributed by atoms with van der Waals surface area (Å²) in [5, 5.41) is 3.42. The molecule has 3 rings (SSSR count). The topological polar surface area (TPSA) is 32.3 Å². The van der Waals surface area contributed by atoms with Gasteiger partial charge < -0.3 is 10.2 Å². The van der Waals surface area contributed by atoms with Gasteiger partial charge in [-0.25, -0.2) is 0 Å². The van der Waals surface area contributed by atoms with E-state index in [9.17, 15) is 4.79 Å². The normalized spacial score (nSPS) is 34.1. The highest BCUT2D eigenvalue weighted by Gasteiger charge is 2.38. The smallest absolute Gasteiger partial charge is 0.239 e. The van der Waals surface area contributed by atoms with Gasteiger partial charge in [0.15, 0.2) is 0 Å². The van der Waals surface area contributed by atoms with Crippen molar-refractivity contribution < 1.29 is 4.79 Å². The molecular weight excluding hydrogens is 224 g/mol. The molecule has 3 heteroatoms. The van der Waals surface area contributed by atoms with Gasteiger partial charge in [0.05, 0.1) is 6.04 Å². The van der Waals surface area contributed by atoms with Gasteiger partial charge in [0.2, 0.25) is 5.91 Å². The summed E-state index contributed by atoms with van der Waals surface area (Å²) in [5.41, 5.74) is 0. The van der Waals surface area contributed by atoms with Crippen molar-refractivity contribution >= 4 is 5.91 Å². The molecule has 0 spiro atoms. The summed E-state index contributed by atoms with van der Waals surface area (Å²) in [5.74, 6) is 1.21. The van der Waals surface area contributed by atoms with Crippen molar-refractivity contribution in [3.8, 4) is 0 Å². The van der Waals surface area contributed by atoms with Crippen molar-refractivity contribution in [1.29, 1.82) is 0 Å². The Hall–Kier alpha value is -0.570. The third kappa shape index (κ3) is 2.42. The summed E-state index contributed by atoms with van der Waals surface area (Å²) in [7, 11) is 0. The van der Waals surface area contributed by atoms with E-state index in [1.807, 2.05) is 0 Å². The molecule has 18 heavy (non-hydrogen) atoms. The summed E-state index contributed by atoms with van der Waals surface area (Å²) in [6.07, 6.45) is 11.4. The molecule has 1 amide bonds. The Bertz CT molecular complexity index is 293. The summed E-state index contributed by atoms with van der Waals surface area (Å²) >= 11 is 0.